The van der Waals surface area contributed by atoms with Gasteiger partial charge in [-0.3, -0.25) is 4.79 Å². The Balaban J connectivity index is 2.54. The van der Waals surface area contributed by atoms with Gasteiger partial charge in [0.15, 0.2) is 0 Å². The Hall–Kier alpha value is -0.570. The largest absolute Gasteiger partial charge is 0.481 e. The minimum Gasteiger partial charge on any atom is -0.481 e. The molecule has 3 heteroatoms. The number of carboxylic acid groups (broad SMARTS) is 1. The van der Waals surface area contributed by atoms with Gasteiger partial charge in [-0.05, 0) is 30.2 Å². The van der Waals surface area contributed by atoms with Gasteiger partial charge in [0.05, 0.1) is 6.42 Å². The van der Waals surface area contributed by atoms with Crippen LogP contribution in [-0.2, 0) is 4.79 Å². The standard InChI is InChI=1S/C10H19NO2/c1-3-9(2)5-10(6-9,7-11)4-8(12)13/h3-7,11H2,1-2H3,(H,12,13)/t9-,10+. The van der Waals surface area contributed by atoms with Gasteiger partial charge in [-0.25, -0.2) is 0 Å². The molecule has 0 aromatic rings. The van der Waals surface area contributed by atoms with Crippen molar-refractivity contribution in [1.82, 2.24) is 0 Å². The molecule has 0 atom stereocenters. The molecule has 1 saturated carbocycles. The van der Waals surface area contributed by atoms with Gasteiger partial charge in [0.2, 0.25) is 0 Å². The fourth-order valence-corrected chi connectivity index (χ4v) is 2.67. The molecule has 0 aromatic carbocycles. The molecule has 0 bridgehead atoms. The number of aliphatic carboxylic acids is 1. The van der Waals surface area contributed by atoms with E-state index in [1.165, 1.54) is 0 Å². The molecule has 0 aliphatic heterocycles. The van der Waals surface area contributed by atoms with Gasteiger partial charge in [0, 0.05) is 0 Å². The Kier molecular flexibility index (Phi) is 2.66. The third-order valence-corrected chi connectivity index (χ3v) is 3.42. The Bertz CT molecular complexity index is 207. The molecule has 13 heavy (non-hydrogen) atoms. The Morgan fingerprint density at radius 2 is 2.08 bits per heavy atom. The summed E-state index contributed by atoms with van der Waals surface area (Å²) < 4.78 is 0. The summed E-state index contributed by atoms with van der Waals surface area (Å²) >= 11 is 0. The molecule has 3 nitrogen and oxygen atoms in total. The molecular formula is C10H19NO2. The normalized spacial score (nSPS) is 38.4. The van der Waals surface area contributed by atoms with Crippen LogP contribution in [0.3, 0.4) is 0 Å². The Morgan fingerprint density at radius 1 is 1.54 bits per heavy atom. The van der Waals surface area contributed by atoms with Crippen LogP contribution in [0.4, 0.5) is 0 Å². The lowest BCUT2D eigenvalue weighted by Gasteiger charge is -2.54. The Labute approximate surface area is 79.3 Å². The molecule has 0 amide bonds. The van der Waals surface area contributed by atoms with Gasteiger partial charge >= 0.3 is 5.97 Å². The highest BCUT2D eigenvalue weighted by atomic mass is 16.4. The molecule has 76 valence electrons. The van der Waals surface area contributed by atoms with E-state index < -0.39 is 5.97 Å². The van der Waals surface area contributed by atoms with Gasteiger partial charge in [0.1, 0.15) is 0 Å². The molecule has 1 fully saturated rings. The quantitative estimate of drug-likeness (QED) is 0.699. The van der Waals surface area contributed by atoms with Crippen molar-refractivity contribution in [3.05, 3.63) is 0 Å². The summed E-state index contributed by atoms with van der Waals surface area (Å²) in [7, 11) is 0. The summed E-state index contributed by atoms with van der Waals surface area (Å²) in [5.41, 5.74) is 5.87. The topological polar surface area (TPSA) is 63.3 Å². The van der Waals surface area contributed by atoms with E-state index >= 15 is 0 Å². The molecule has 3 N–H and O–H groups in total. The number of hydrogen-bond acceptors (Lipinski definition) is 2. The van der Waals surface area contributed by atoms with Crippen LogP contribution in [-0.4, -0.2) is 17.6 Å². The van der Waals surface area contributed by atoms with Crippen LogP contribution in [0.1, 0.15) is 39.5 Å². The summed E-state index contributed by atoms with van der Waals surface area (Å²) in [6.07, 6.45) is 3.30. The van der Waals surface area contributed by atoms with E-state index in [2.05, 4.69) is 13.8 Å². The summed E-state index contributed by atoms with van der Waals surface area (Å²) in [5.74, 6) is -0.719. The van der Waals surface area contributed by atoms with Crippen molar-refractivity contribution in [2.24, 2.45) is 16.6 Å². The predicted octanol–water partition coefficient (Wildman–Crippen LogP) is 1.62. The summed E-state index contributed by atoms with van der Waals surface area (Å²) in [6, 6.07) is 0. The molecular weight excluding hydrogens is 166 g/mol. The molecule has 0 saturated heterocycles. The molecule has 0 heterocycles. The summed E-state index contributed by atoms with van der Waals surface area (Å²) in [5, 5.41) is 8.73. The van der Waals surface area contributed by atoms with Crippen molar-refractivity contribution in [2.45, 2.75) is 39.5 Å². The van der Waals surface area contributed by atoms with Crippen LogP contribution >= 0.6 is 0 Å². The minimum absolute atomic E-state index is 0.101. The van der Waals surface area contributed by atoms with Crippen LogP contribution in [0.25, 0.3) is 0 Å². The fourth-order valence-electron chi connectivity index (χ4n) is 2.67. The average molecular weight is 185 g/mol. The van der Waals surface area contributed by atoms with Crippen molar-refractivity contribution >= 4 is 5.97 Å². The highest BCUT2D eigenvalue weighted by Crippen LogP contribution is 2.57. The van der Waals surface area contributed by atoms with Crippen molar-refractivity contribution < 1.29 is 9.90 Å². The molecule has 0 aromatic heterocycles. The van der Waals surface area contributed by atoms with E-state index in [0.717, 1.165) is 19.3 Å². The van der Waals surface area contributed by atoms with E-state index in [-0.39, 0.29) is 11.8 Å². The predicted molar refractivity (Wildman–Crippen MR) is 51.4 cm³/mol. The lowest BCUT2D eigenvalue weighted by molar-refractivity contribution is -0.144. The summed E-state index contributed by atoms with van der Waals surface area (Å²) in [4.78, 5) is 10.6. The van der Waals surface area contributed by atoms with E-state index in [1.54, 1.807) is 0 Å². The molecule has 1 rings (SSSR count). The second kappa shape index (κ2) is 3.29. The van der Waals surface area contributed by atoms with Crippen molar-refractivity contribution in [1.29, 1.82) is 0 Å². The maximum Gasteiger partial charge on any atom is 0.303 e. The third kappa shape index (κ3) is 2.02. The second-order valence-electron chi connectivity index (χ2n) is 4.79. The van der Waals surface area contributed by atoms with Crippen molar-refractivity contribution in [3.63, 3.8) is 0 Å². The van der Waals surface area contributed by atoms with Gasteiger partial charge in [-0.15, -0.1) is 0 Å². The lowest BCUT2D eigenvalue weighted by atomic mass is 9.51. The number of nitrogens with two attached hydrogens (primary N) is 1. The monoisotopic (exact) mass is 185 g/mol. The lowest BCUT2D eigenvalue weighted by Crippen LogP contribution is -2.50. The van der Waals surface area contributed by atoms with Crippen LogP contribution in [0.2, 0.25) is 0 Å². The smallest absolute Gasteiger partial charge is 0.303 e. The van der Waals surface area contributed by atoms with Gasteiger partial charge in [0.25, 0.3) is 0 Å². The number of rotatable bonds is 4. The molecule has 1 aliphatic carbocycles. The molecule has 0 spiro atoms. The fraction of sp³-hybridized carbons (Fsp3) is 0.900. The van der Waals surface area contributed by atoms with Crippen molar-refractivity contribution in [2.75, 3.05) is 6.54 Å². The summed E-state index contributed by atoms with van der Waals surface area (Å²) in [6.45, 7) is 4.87. The van der Waals surface area contributed by atoms with Crippen LogP contribution < -0.4 is 5.73 Å². The molecule has 1 aliphatic rings. The molecule has 0 radical (unpaired) electrons. The maximum atomic E-state index is 10.6. The molecule has 0 unspecified atom stereocenters. The first kappa shape index (κ1) is 10.5. The van der Waals surface area contributed by atoms with Gasteiger partial charge in [-0.1, -0.05) is 20.3 Å². The van der Waals surface area contributed by atoms with E-state index in [0.29, 0.717) is 12.0 Å². The Morgan fingerprint density at radius 3 is 2.38 bits per heavy atom. The van der Waals surface area contributed by atoms with E-state index in [4.69, 9.17) is 10.8 Å². The average Bonchev–Trinajstić information content (AvgIpc) is 2.00. The second-order valence-corrected chi connectivity index (χ2v) is 4.79. The van der Waals surface area contributed by atoms with Gasteiger partial charge in [-0.2, -0.15) is 0 Å². The van der Waals surface area contributed by atoms with E-state index in [9.17, 15) is 4.79 Å². The van der Waals surface area contributed by atoms with Crippen LogP contribution in [0, 0.1) is 10.8 Å². The van der Waals surface area contributed by atoms with E-state index in [1.807, 2.05) is 0 Å². The van der Waals surface area contributed by atoms with Crippen molar-refractivity contribution in [3.8, 4) is 0 Å². The first-order valence-corrected chi connectivity index (χ1v) is 4.87. The number of hydrogen-bond donors (Lipinski definition) is 2. The highest BCUT2D eigenvalue weighted by Gasteiger charge is 2.50. The first-order valence-electron chi connectivity index (χ1n) is 4.87. The van der Waals surface area contributed by atoms with Crippen LogP contribution in [0.5, 0.6) is 0 Å². The first-order chi connectivity index (χ1) is 5.95. The number of carboxylic acids is 1. The zero-order chi connectivity index (χ0) is 10.1. The van der Waals surface area contributed by atoms with Crippen LogP contribution in [0.15, 0.2) is 0 Å². The SMILES string of the molecule is CC[C@]1(C)C[C@@](CN)(CC(=O)O)C1. The number of carbonyl (C=O) groups is 1. The zero-order valence-electron chi connectivity index (χ0n) is 8.47. The zero-order valence-corrected chi connectivity index (χ0v) is 8.47. The third-order valence-electron chi connectivity index (χ3n) is 3.42. The van der Waals surface area contributed by atoms with Gasteiger partial charge < -0.3 is 10.8 Å². The minimum atomic E-state index is -0.719. The maximum absolute atomic E-state index is 10.6. The highest BCUT2D eigenvalue weighted by molar-refractivity contribution is 5.68.